The number of nitrogens with two attached hydrogens (primary N) is 1. The molecule has 7 heteroatoms. The number of phenolic OH excluding ortho intramolecular Hbond substituents is 1. The quantitative estimate of drug-likeness (QED) is 0.562. The predicted octanol–water partition coefficient (Wildman–Crippen LogP) is -0.403. The number of hydrogen-bond donors (Lipinski definition) is 2. The summed E-state index contributed by atoms with van der Waals surface area (Å²) in [6.07, 6.45) is 0.483. The minimum Gasteiger partial charge on any atom is -0.508 e. The molecule has 1 atom stereocenters. The van der Waals surface area contributed by atoms with Crippen molar-refractivity contribution >= 4 is 11.9 Å². The Hall–Kier alpha value is -1.96. The second-order valence-electron chi connectivity index (χ2n) is 6.21. The Morgan fingerprint density at radius 1 is 1.33 bits per heavy atom. The smallest absolute Gasteiger partial charge is 0.311 e. The average molecular weight is 335 g/mol. The Bertz CT molecular complexity index is 613. The molecule has 0 saturated carbocycles. The molecule has 1 unspecified atom stereocenters. The lowest BCUT2D eigenvalue weighted by atomic mass is 9.89. The lowest BCUT2D eigenvalue weighted by Crippen LogP contribution is -2.89. The minimum atomic E-state index is -0.362. The number of esters is 1. The van der Waals surface area contributed by atoms with Gasteiger partial charge < -0.3 is 14.6 Å². The van der Waals surface area contributed by atoms with E-state index in [1.54, 1.807) is 17.4 Å². The third kappa shape index (κ3) is 4.31. The maximum atomic E-state index is 12.2. The first-order valence-corrected chi connectivity index (χ1v) is 8.31. The third-order valence-corrected chi connectivity index (χ3v) is 4.44. The summed E-state index contributed by atoms with van der Waals surface area (Å²) in [5.74, 6) is -0.0989. The number of primary amides is 1. The molecular weight excluding hydrogens is 312 g/mol. The van der Waals surface area contributed by atoms with Gasteiger partial charge in [0, 0.05) is 31.6 Å². The van der Waals surface area contributed by atoms with Gasteiger partial charge in [-0.25, -0.2) is 4.79 Å². The summed E-state index contributed by atoms with van der Waals surface area (Å²) < 4.78 is 10.4. The number of benzene rings is 1. The van der Waals surface area contributed by atoms with Crippen LogP contribution in [0.15, 0.2) is 18.2 Å². The highest BCUT2D eigenvalue weighted by Gasteiger charge is 2.30. The maximum absolute atomic E-state index is 12.2. The molecule has 1 aromatic carbocycles. The van der Waals surface area contributed by atoms with Gasteiger partial charge in [0.05, 0.1) is 32.6 Å². The van der Waals surface area contributed by atoms with Crippen LogP contribution >= 0.6 is 0 Å². The number of ether oxygens (including phenoxy) is 2. The van der Waals surface area contributed by atoms with Crippen molar-refractivity contribution in [3.05, 3.63) is 23.8 Å². The minimum absolute atomic E-state index is 0.0435. The molecule has 1 aromatic rings. The highest BCUT2D eigenvalue weighted by atomic mass is 16.5. The Morgan fingerprint density at radius 3 is 2.92 bits per heavy atom. The van der Waals surface area contributed by atoms with Gasteiger partial charge in [0.2, 0.25) is 0 Å². The van der Waals surface area contributed by atoms with Crippen molar-refractivity contribution < 1.29 is 29.5 Å². The molecule has 0 aromatic heterocycles. The molecule has 130 valence electrons. The summed E-state index contributed by atoms with van der Waals surface area (Å²) >= 11 is 0. The molecule has 2 heterocycles. The highest BCUT2D eigenvalue weighted by molar-refractivity contribution is 5.78. The molecule has 0 spiro atoms. The number of carbonyl (C=O) groups excluding carboxylic acids is 2. The average Bonchev–Trinajstić information content (AvgIpc) is 2.55. The van der Waals surface area contributed by atoms with Crippen LogP contribution in [0.2, 0.25) is 0 Å². The Labute approximate surface area is 140 Å². The van der Waals surface area contributed by atoms with Gasteiger partial charge in [0.25, 0.3) is 0 Å². The Morgan fingerprint density at radius 2 is 2.12 bits per heavy atom. The van der Waals surface area contributed by atoms with E-state index < -0.39 is 0 Å². The van der Waals surface area contributed by atoms with Crippen LogP contribution in [0.5, 0.6) is 11.5 Å². The van der Waals surface area contributed by atoms with Crippen molar-refractivity contribution in [2.24, 2.45) is 0 Å². The van der Waals surface area contributed by atoms with Crippen LogP contribution in [0.4, 0.5) is 0 Å². The van der Waals surface area contributed by atoms with E-state index in [0.717, 1.165) is 38.4 Å². The van der Waals surface area contributed by atoms with Gasteiger partial charge in [-0.1, -0.05) is 6.07 Å². The summed E-state index contributed by atoms with van der Waals surface area (Å²) in [5.41, 5.74) is 0.808. The van der Waals surface area contributed by atoms with E-state index in [2.05, 4.69) is 4.90 Å². The monoisotopic (exact) mass is 335 g/mol. The standard InChI is InChI=1S/C17H22N2O5/c20-13-1-2-14-12(10-17(22)24-15(14)11-13)9-16(21)18-3-4-19-5-7-23-8-6-19/h1-2,11-12,20H,3-10H2,(H,18,21)/p+1. The van der Waals surface area contributed by atoms with Gasteiger partial charge in [-0.15, -0.1) is 0 Å². The summed E-state index contributed by atoms with van der Waals surface area (Å²) in [6.45, 7) is 4.88. The van der Waals surface area contributed by atoms with Gasteiger partial charge in [-0.2, -0.15) is 0 Å². The second-order valence-corrected chi connectivity index (χ2v) is 6.21. The molecule has 3 N–H and O–H groups in total. The van der Waals surface area contributed by atoms with E-state index in [1.807, 2.05) is 0 Å². The van der Waals surface area contributed by atoms with Crippen molar-refractivity contribution in [1.29, 1.82) is 0 Å². The molecule has 1 saturated heterocycles. The number of hydrogen-bond acceptors (Lipinski definition) is 6. The molecule has 2 aliphatic rings. The molecule has 2 aliphatic heterocycles. The lowest BCUT2D eigenvalue weighted by molar-refractivity contribution is -0.569. The molecule has 0 bridgehead atoms. The first-order valence-electron chi connectivity index (χ1n) is 8.31. The van der Waals surface area contributed by atoms with E-state index in [4.69, 9.17) is 9.47 Å². The molecule has 7 nitrogen and oxygen atoms in total. The largest absolute Gasteiger partial charge is 0.508 e. The van der Waals surface area contributed by atoms with E-state index in [9.17, 15) is 14.7 Å². The van der Waals surface area contributed by atoms with Gasteiger partial charge in [0.1, 0.15) is 11.5 Å². The number of nitrogens with zero attached hydrogens (tertiary/aromatic N) is 1. The fourth-order valence-electron chi connectivity index (χ4n) is 3.17. The predicted molar refractivity (Wildman–Crippen MR) is 84.8 cm³/mol. The highest BCUT2D eigenvalue weighted by Crippen LogP contribution is 2.37. The Kier molecular flexibility index (Phi) is 5.44. The zero-order valence-electron chi connectivity index (χ0n) is 13.6. The van der Waals surface area contributed by atoms with Gasteiger partial charge >= 0.3 is 11.9 Å². The Balaban J connectivity index is 1.52. The molecule has 0 radical (unpaired) electrons. The number of quaternary nitrogens is 1. The zero-order chi connectivity index (χ0) is 16.9. The van der Waals surface area contributed by atoms with E-state index in [0.29, 0.717) is 12.3 Å². The number of rotatable bonds is 5. The summed E-state index contributed by atoms with van der Waals surface area (Å²) in [5, 5.41) is 11.2. The number of fused-ring (bicyclic) bond motifs is 1. The molecule has 24 heavy (non-hydrogen) atoms. The number of morpholine rings is 1. The zero-order valence-corrected chi connectivity index (χ0v) is 13.6. The third-order valence-electron chi connectivity index (χ3n) is 4.44. The van der Waals surface area contributed by atoms with Crippen molar-refractivity contribution in [2.45, 2.75) is 18.8 Å². The van der Waals surface area contributed by atoms with Crippen molar-refractivity contribution in [1.82, 2.24) is 4.90 Å². The van der Waals surface area contributed by atoms with Crippen molar-refractivity contribution in [2.75, 3.05) is 39.4 Å². The fraction of sp³-hybridized carbons (Fsp3) is 0.529. The van der Waals surface area contributed by atoms with E-state index in [1.165, 1.54) is 6.07 Å². The van der Waals surface area contributed by atoms with E-state index in [-0.39, 0.29) is 36.4 Å². The normalized spacial score (nSPS) is 21.2. The maximum Gasteiger partial charge on any atom is 0.311 e. The first kappa shape index (κ1) is 16.9. The van der Waals surface area contributed by atoms with Gasteiger partial charge in [0.15, 0.2) is 0 Å². The van der Waals surface area contributed by atoms with Crippen molar-refractivity contribution in [3.63, 3.8) is 0 Å². The van der Waals surface area contributed by atoms with Crippen LogP contribution in [0, 0.1) is 0 Å². The summed E-state index contributed by atoms with van der Waals surface area (Å²) in [7, 11) is 0. The van der Waals surface area contributed by atoms with Gasteiger partial charge in [-0.05, 0) is 11.6 Å². The van der Waals surface area contributed by atoms with Crippen LogP contribution in [0.3, 0.4) is 0 Å². The molecule has 0 aliphatic carbocycles. The van der Waals surface area contributed by atoms with Crippen LogP contribution in [-0.4, -0.2) is 61.3 Å². The molecule has 3 rings (SSSR count). The van der Waals surface area contributed by atoms with Crippen LogP contribution in [-0.2, 0) is 14.3 Å². The number of amides is 1. The lowest BCUT2D eigenvalue weighted by Gasteiger charge is -2.25. The first-order chi connectivity index (χ1) is 11.6. The number of carbonyl (C=O) groups is 2. The SMILES string of the molecule is O=C(CC1CC(=O)Oc2cc(O)ccc21)[NH2+]CCN1CCOCC1. The summed E-state index contributed by atoms with van der Waals surface area (Å²) in [6, 6.07) is 4.70. The van der Waals surface area contributed by atoms with Gasteiger partial charge in [-0.3, -0.25) is 15.0 Å². The number of aromatic hydroxyl groups is 1. The van der Waals surface area contributed by atoms with Crippen LogP contribution in [0.1, 0.15) is 24.3 Å². The van der Waals surface area contributed by atoms with Crippen LogP contribution in [0.25, 0.3) is 0 Å². The molecule has 1 fully saturated rings. The summed E-state index contributed by atoms with van der Waals surface area (Å²) in [4.78, 5) is 26.2. The fourth-order valence-corrected chi connectivity index (χ4v) is 3.17. The second kappa shape index (κ2) is 7.74. The molecular formula is C17H23N2O5+. The number of phenols is 1. The van der Waals surface area contributed by atoms with Crippen LogP contribution < -0.4 is 10.1 Å². The molecule has 1 amide bonds. The van der Waals surface area contributed by atoms with Crippen molar-refractivity contribution in [3.8, 4) is 11.5 Å². The topological polar surface area (TPSA) is 92.7 Å². The van der Waals surface area contributed by atoms with E-state index >= 15 is 0 Å².